The van der Waals surface area contributed by atoms with Crippen LogP contribution in [-0.4, -0.2) is 26.5 Å². The highest BCUT2D eigenvalue weighted by Gasteiger charge is 2.22. The molecule has 1 atom stereocenters. The zero-order valence-electron chi connectivity index (χ0n) is 17.6. The summed E-state index contributed by atoms with van der Waals surface area (Å²) < 4.78 is 7.19. The summed E-state index contributed by atoms with van der Waals surface area (Å²) in [6, 6.07) is 14.1. The van der Waals surface area contributed by atoms with E-state index in [1.807, 2.05) is 18.2 Å². The van der Waals surface area contributed by atoms with Crippen LogP contribution in [0, 0.1) is 0 Å². The first-order valence-corrected chi connectivity index (χ1v) is 10.9. The molecule has 1 amide bonds. The number of Topliss-reactive ketones (excluding diaryl/α,β-unsaturated/α-hetero) is 1. The zero-order chi connectivity index (χ0) is 22.8. The maximum atomic E-state index is 13.1. The summed E-state index contributed by atoms with van der Waals surface area (Å²) in [4.78, 5) is 42.2. The first-order valence-electron chi connectivity index (χ1n) is 10.0. The number of para-hydroxylation sites is 1. The minimum absolute atomic E-state index is 0.0817. The van der Waals surface area contributed by atoms with Crippen LogP contribution in [0.2, 0.25) is 0 Å². The van der Waals surface area contributed by atoms with Crippen molar-refractivity contribution in [3.63, 3.8) is 0 Å². The molecule has 0 fully saturated rings. The Morgan fingerprint density at radius 2 is 2.03 bits per heavy atom. The lowest BCUT2D eigenvalue weighted by Gasteiger charge is -2.15. The highest BCUT2D eigenvalue weighted by molar-refractivity contribution is 8.00. The summed E-state index contributed by atoms with van der Waals surface area (Å²) in [5, 5.41) is 3.40. The number of anilines is 1. The summed E-state index contributed by atoms with van der Waals surface area (Å²) in [6.07, 6.45) is 1.60. The molecule has 0 aliphatic rings. The molecule has 0 saturated heterocycles. The summed E-state index contributed by atoms with van der Waals surface area (Å²) in [7, 11) is 0. The second-order valence-corrected chi connectivity index (χ2v) is 8.57. The number of carbonyl (C=O) groups is 2. The quantitative estimate of drug-likeness (QED) is 0.192. The highest BCUT2D eigenvalue weighted by Crippen LogP contribution is 2.29. The van der Waals surface area contributed by atoms with Gasteiger partial charge >= 0.3 is 0 Å². The fourth-order valence-electron chi connectivity index (χ4n) is 3.30. The smallest absolute Gasteiger partial charge is 0.298 e. The Morgan fingerprint density at radius 3 is 2.78 bits per heavy atom. The molecule has 0 aliphatic heterocycles. The van der Waals surface area contributed by atoms with Crippen molar-refractivity contribution in [1.82, 2.24) is 9.55 Å². The molecule has 8 heteroatoms. The van der Waals surface area contributed by atoms with E-state index in [4.69, 9.17) is 4.42 Å². The van der Waals surface area contributed by atoms with Gasteiger partial charge in [-0.25, -0.2) is 4.98 Å². The van der Waals surface area contributed by atoms with Gasteiger partial charge in [0, 0.05) is 23.2 Å². The summed E-state index contributed by atoms with van der Waals surface area (Å²) in [6.45, 7) is 7.16. The van der Waals surface area contributed by atoms with Gasteiger partial charge in [0.2, 0.25) is 11.5 Å². The maximum absolute atomic E-state index is 13.1. The van der Waals surface area contributed by atoms with E-state index in [9.17, 15) is 14.4 Å². The van der Waals surface area contributed by atoms with Crippen LogP contribution in [0.5, 0.6) is 0 Å². The number of aromatic nitrogens is 2. The largest absolute Gasteiger partial charge is 0.448 e. The van der Waals surface area contributed by atoms with Gasteiger partial charge in [0.15, 0.2) is 10.9 Å². The van der Waals surface area contributed by atoms with Crippen LogP contribution in [0.25, 0.3) is 22.1 Å². The first kappa shape index (κ1) is 21.6. The molecule has 162 valence electrons. The number of ketones is 1. The molecule has 1 N–H and O–H groups in total. The van der Waals surface area contributed by atoms with E-state index in [2.05, 4.69) is 16.9 Å². The van der Waals surface area contributed by atoms with Crippen molar-refractivity contribution in [3.05, 3.63) is 77.1 Å². The van der Waals surface area contributed by atoms with Gasteiger partial charge in [-0.15, -0.1) is 6.58 Å². The van der Waals surface area contributed by atoms with Crippen LogP contribution in [0.15, 0.2) is 75.6 Å². The molecule has 1 unspecified atom stereocenters. The van der Waals surface area contributed by atoms with E-state index in [0.29, 0.717) is 27.5 Å². The molecule has 0 radical (unpaired) electrons. The molecule has 4 aromatic rings. The van der Waals surface area contributed by atoms with Crippen molar-refractivity contribution in [2.45, 2.75) is 30.8 Å². The Balaban J connectivity index is 1.67. The number of thioether (sulfide) groups is 1. The van der Waals surface area contributed by atoms with E-state index in [1.54, 1.807) is 43.3 Å². The lowest BCUT2D eigenvalue weighted by Crippen LogP contribution is -2.26. The predicted octanol–water partition coefficient (Wildman–Crippen LogP) is 4.65. The molecule has 0 saturated carbocycles. The molecule has 32 heavy (non-hydrogen) atoms. The van der Waals surface area contributed by atoms with Crippen LogP contribution in [0.4, 0.5) is 5.69 Å². The fourth-order valence-corrected chi connectivity index (χ4v) is 4.22. The topological polar surface area (TPSA) is 94.2 Å². The Morgan fingerprint density at radius 1 is 1.25 bits per heavy atom. The normalized spacial score (nSPS) is 12.1. The highest BCUT2D eigenvalue weighted by atomic mass is 32.2. The van der Waals surface area contributed by atoms with Gasteiger partial charge in [0.25, 0.3) is 5.56 Å². The summed E-state index contributed by atoms with van der Waals surface area (Å²) in [5.74, 6) is -0.353. The molecule has 4 rings (SSSR count). The van der Waals surface area contributed by atoms with Crippen LogP contribution >= 0.6 is 11.8 Å². The van der Waals surface area contributed by atoms with E-state index in [0.717, 1.165) is 5.39 Å². The molecule has 2 aromatic carbocycles. The molecule has 2 aromatic heterocycles. The third-order valence-corrected chi connectivity index (χ3v) is 6.04. The van der Waals surface area contributed by atoms with Crippen molar-refractivity contribution in [2.24, 2.45) is 0 Å². The van der Waals surface area contributed by atoms with Crippen LogP contribution < -0.4 is 10.9 Å². The van der Waals surface area contributed by atoms with Crippen molar-refractivity contribution in [3.8, 4) is 0 Å². The first-order chi connectivity index (χ1) is 15.4. The van der Waals surface area contributed by atoms with E-state index in [1.165, 1.54) is 23.3 Å². The second kappa shape index (κ2) is 8.84. The predicted molar refractivity (Wildman–Crippen MR) is 126 cm³/mol. The molecule has 0 bridgehead atoms. The van der Waals surface area contributed by atoms with Crippen molar-refractivity contribution in [1.29, 1.82) is 0 Å². The second-order valence-electron chi connectivity index (χ2n) is 7.26. The number of hydrogen-bond acceptors (Lipinski definition) is 6. The van der Waals surface area contributed by atoms with Crippen molar-refractivity contribution in [2.75, 3.05) is 5.32 Å². The van der Waals surface area contributed by atoms with Gasteiger partial charge in [-0.05, 0) is 38.1 Å². The van der Waals surface area contributed by atoms with Gasteiger partial charge in [-0.1, -0.05) is 42.1 Å². The number of hydrogen-bond donors (Lipinski definition) is 1. The number of rotatable bonds is 7. The number of amides is 1. The number of nitrogens with zero attached hydrogens (tertiary/aromatic N) is 2. The van der Waals surface area contributed by atoms with E-state index in [-0.39, 0.29) is 29.4 Å². The van der Waals surface area contributed by atoms with Crippen molar-refractivity contribution < 1.29 is 14.0 Å². The number of benzene rings is 2. The van der Waals surface area contributed by atoms with Gasteiger partial charge in [-0.3, -0.25) is 19.0 Å². The molecule has 2 heterocycles. The number of furan rings is 1. The minimum atomic E-state index is -0.561. The number of fused-ring (bicyclic) bond motifs is 3. The van der Waals surface area contributed by atoms with Gasteiger partial charge in [0.1, 0.15) is 11.1 Å². The van der Waals surface area contributed by atoms with E-state index >= 15 is 0 Å². The molecular weight excluding hydrogens is 426 g/mol. The third kappa shape index (κ3) is 4.09. The van der Waals surface area contributed by atoms with Gasteiger partial charge < -0.3 is 9.73 Å². The van der Waals surface area contributed by atoms with E-state index < -0.39 is 5.25 Å². The van der Waals surface area contributed by atoms with Gasteiger partial charge in [0.05, 0.1) is 5.25 Å². The fraction of sp³-hybridized carbons (Fsp3) is 0.167. The third-order valence-electron chi connectivity index (χ3n) is 4.95. The Kier molecular flexibility index (Phi) is 5.96. The number of carbonyl (C=O) groups excluding carboxylic acids is 2. The summed E-state index contributed by atoms with van der Waals surface area (Å²) in [5.41, 5.74) is 1.95. The SMILES string of the molecule is C=CCn1c(SC(C)C(=O)Nc2cccc(C(C)=O)c2)nc2c(oc3ccccc32)c1=O. The lowest BCUT2D eigenvalue weighted by molar-refractivity contribution is -0.115. The van der Waals surface area contributed by atoms with Crippen LogP contribution in [0.1, 0.15) is 24.2 Å². The standard InChI is InChI=1S/C24H21N3O4S/c1-4-12-27-23(30)21-20(18-10-5-6-11-19(18)31-21)26-24(27)32-15(3)22(29)25-17-9-7-8-16(13-17)14(2)28/h4-11,13,15H,1,12H2,2-3H3,(H,25,29). The van der Waals surface area contributed by atoms with Crippen LogP contribution in [0.3, 0.4) is 0 Å². The monoisotopic (exact) mass is 447 g/mol. The maximum Gasteiger partial charge on any atom is 0.298 e. The molecule has 7 nitrogen and oxygen atoms in total. The van der Waals surface area contributed by atoms with Crippen molar-refractivity contribution >= 4 is 51.2 Å². The van der Waals surface area contributed by atoms with Gasteiger partial charge in [-0.2, -0.15) is 0 Å². The van der Waals surface area contributed by atoms with Crippen LogP contribution in [-0.2, 0) is 11.3 Å². The number of nitrogens with one attached hydrogen (secondary N) is 1. The molecular formula is C24H21N3O4S. The Labute approximate surface area is 188 Å². The Hall–Kier alpha value is -3.65. The molecule has 0 spiro atoms. The average Bonchev–Trinajstić information content (AvgIpc) is 3.15. The Bertz CT molecular complexity index is 1420. The molecule has 0 aliphatic carbocycles. The minimum Gasteiger partial charge on any atom is -0.448 e. The zero-order valence-corrected chi connectivity index (χ0v) is 18.4. The summed E-state index contributed by atoms with van der Waals surface area (Å²) >= 11 is 1.17. The lowest BCUT2D eigenvalue weighted by atomic mass is 10.1. The number of allylic oxidation sites excluding steroid dienone is 1. The average molecular weight is 448 g/mol.